The first-order chi connectivity index (χ1) is 27.9. The lowest BCUT2D eigenvalue weighted by Gasteiger charge is -2.50. The number of carbonyl (C=O) groups excluding carboxylic acids is 1. The first-order valence-electron chi connectivity index (χ1n) is 19.4. The number of fused-ring (bicyclic) bond motifs is 1. The van der Waals surface area contributed by atoms with Gasteiger partial charge in [-0.2, -0.15) is 9.97 Å². The Labute approximate surface area is 333 Å². The van der Waals surface area contributed by atoms with Crippen molar-refractivity contribution >= 4 is 23.0 Å². The fraction of sp³-hybridized carbons (Fsp3) is 0.234. The second-order valence-electron chi connectivity index (χ2n) is 14.6. The Hall–Kier alpha value is -6.36. The van der Waals surface area contributed by atoms with Gasteiger partial charge in [0.05, 0.1) is 11.9 Å². The average molecular weight is 759 g/mol. The molecule has 5 aromatic carbocycles. The summed E-state index contributed by atoms with van der Waals surface area (Å²) in [7, 11) is 0. The van der Waals surface area contributed by atoms with Gasteiger partial charge in [-0.05, 0) is 41.3 Å². The van der Waals surface area contributed by atoms with Gasteiger partial charge in [-0.1, -0.05) is 153 Å². The first-order valence-corrected chi connectivity index (χ1v) is 19.4. The minimum Gasteiger partial charge on any atom is -0.491 e. The van der Waals surface area contributed by atoms with Crippen molar-refractivity contribution in [3.8, 4) is 11.6 Å². The molecule has 0 bridgehead atoms. The van der Waals surface area contributed by atoms with Gasteiger partial charge >= 0.3 is 0 Å². The van der Waals surface area contributed by atoms with Crippen LogP contribution >= 0.6 is 0 Å². The molecule has 1 fully saturated rings. The first kappa shape index (κ1) is 37.6. The number of aryl methyl sites for hydroxylation is 1. The van der Waals surface area contributed by atoms with Gasteiger partial charge in [-0.25, -0.2) is 4.98 Å². The number of anilines is 1. The molecule has 1 saturated heterocycles. The lowest BCUT2D eigenvalue weighted by atomic mass is 9.75. The van der Waals surface area contributed by atoms with E-state index >= 15 is 0 Å². The molecule has 57 heavy (non-hydrogen) atoms. The van der Waals surface area contributed by atoms with Gasteiger partial charge in [0.15, 0.2) is 11.2 Å². The second-order valence-corrected chi connectivity index (χ2v) is 14.6. The number of para-hydroxylation sites is 1. The summed E-state index contributed by atoms with van der Waals surface area (Å²) in [6.45, 7) is 7.25. The van der Waals surface area contributed by atoms with Crippen LogP contribution in [0.4, 0.5) is 5.95 Å². The van der Waals surface area contributed by atoms with Crippen molar-refractivity contribution in [2.24, 2.45) is 5.92 Å². The van der Waals surface area contributed by atoms with E-state index in [2.05, 4.69) is 88.0 Å². The van der Waals surface area contributed by atoms with E-state index in [1.165, 1.54) is 0 Å². The summed E-state index contributed by atoms with van der Waals surface area (Å²) in [5.74, 6) is 0.667. The number of hydrogen-bond acceptors (Lipinski definition) is 8. The van der Waals surface area contributed by atoms with Crippen LogP contribution in [0, 0.1) is 12.8 Å². The third-order valence-corrected chi connectivity index (χ3v) is 10.3. The quantitative estimate of drug-likeness (QED) is 0.117. The van der Waals surface area contributed by atoms with Crippen LogP contribution in [-0.2, 0) is 21.7 Å². The molecule has 10 heteroatoms. The number of nitrogens with one attached hydrogen (secondary N) is 1. The van der Waals surface area contributed by atoms with Gasteiger partial charge in [0.25, 0.3) is 0 Å². The standard InChI is InChI=1S/C47H46N6O4/c1-33(2)44(54)50-46-49-43-42(45(51-46)56-30-35-26-24-34(3)25-27-35)48-32-53(43)41-29-52(28-40(57-41)31-55-39-22-14-7-15-23-39)47(36-16-8-4-9-17-36,37-18-10-5-11-19-37)38-20-12-6-13-21-38/h4-27,32-33,40-41H,28-31H2,1-3H3,(H,49,50,51,54)/t40-,41+/m0/s1. The summed E-state index contributed by atoms with van der Waals surface area (Å²) < 4.78 is 21.7. The van der Waals surface area contributed by atoms with E-state index < -0.39 is 11.8 Å². The van der Waals surface area contributed by atoms with E-state index in [1.54, 1.807) is 6.33 Å². The predicted octanol–water partition coefficient (Wildman–Crippen LogP) is 8.58. The van der Waals surface area contributed by atoms with E-state index in [0.717, 1.165) is 33.6 Å². The number of amides is 1. The minimum atomic E-state index is -0.721. The summed E-state index contributed by atoms with van der Waals surface area (Å²) in [6, 6.07) is 49.8. The Morgan fingerprint density at radius 3 is 1.93 bits per heavy atom. The molecule has 1 amide bonds. The fourth-order valence-electron chi connectivity index (χ4n) is 7.48. The van der Waals surface area contributed by atoms with Crippen molar-refractivity contribution in [3.05, 3.63) is 180 Å². The van der Waals surface area contributed by atoms with Crippen LogP contribution in [0.1, 0.15) is 47.9 Å². The summed E-state index contributed by atoms with van der Waals surface area (Å²) in [5, 5.41) is 2.89. The number of aromatic nitrogens is 4. The summed E-state index contributed by atoms with van der Waals surface area (Å²) in [4.78, 5) is 29.8. The molecule has 8 rings (SSSR count). The molecule has 2 aromatic heterocycles. The number of rotatable bonds is 13. The number of nitrogens with zero attached hydrogens (tertiary/aromatic N) is 5. The highest BCUT2D eigenvalue weighted by molar-refractivity contribution is 5.91. The number of ether oxygens (including phenoxy) is 3. The Kier molecular flexibility index (Phi) is 11.1. The molecule has 2 atom stereocenters. The molecular weight excluding hydrogens is 713 g/mol. The van der Waals surface area contributed by atoms with E-state index in [1.807, 2.05) is 98.1 Å². The van der Waals surface area contributed by atoms with E-state index in [0.29, 0.717) is 30.9 Å². The highest BCUT2D eigenvalue weighted by Crippen LogP contribution is 2.45. The van der Waals surface area contributed by atoms with Gasteiger partial charge < -0.3 is 14.2 Å². The van der Waals surface area contributed by atoms with E-state index in [4.69, 9.17) is 24.2 Å². The fourth-order valence-corrected chi connectivity index (χ4v) is 7.48. The number of morpholine rings is 1. The van der Waals surface area contributed by atoms with Crippen LogP contribution in [0.25, 0.3) is 11.2 Å². The third-order valence-electron chi connectivity index (χ3n) is 10.3. The van der Waals surface area contributed by atoms with Crippen molar-refractivity contribution in [1.82, 2.24) is 24.4 Å². The van der Waals surface area contributed by atoms with Crippen molar-refractivity contribution in [3.63, 3.8) is 0 Å². The molecule has 1 aliphatic rings. The number of hydrogen-bond donors (Lipinski definition) is 1. The normalized spacial score (nSPS) is 16.1. The lowest BCUT2D eigenvalue weighted by Crippen LogP contribution is -2.57. The van der Waals surface area contributed by atoms with Crippen LogP contribution in [0.5, 0.6) is 11.6 Å². The van der Waals surface area contributed by atoms with E-state index in [9.17, 15) is 4.79 Å². The summed E-state index contributed by atoms with van der Waals surface area (Å²) in [6.07, 6.45) is 0.762. The Morgan fingerprint density at radius 2 is 1.35 bits per heavy atom. The van der Waals surface area contributed by atoms with Crippen molar-refractivity contribution in [2.75, 3.05) is 25.0 Å². The maximum absolute atomic E-state index is 13.0. The van der Waals surface area contributed by atoms with Gasteiger partial charge in [0.2, 0.25) is 17.7 Å². The van der Waals surface area contributed by atoms with Gasteiger partial charge in [0.1, 0.15) is 31.3 Å². The zero-order valence-electron chi connectivity index (χ0n) is 32.4. The lowest BCUT2D eigenvalue weighted by molar-refractivity contribution is -0.145. The largest absolute Gasteiger partial charge is 0.491 e. The van der Waals surface area contributed by atoms with Crippen molar-refractivity contribution in [1.29, 1.82) is 0 Å². The maximum atomic E-state index is 13.0. The minimum absolute atomic E-state index is 0.130. The van der Waals surface area contributed by atoms with Gasteiger partial charge in [-0.15, -0.1) is 0 Å². The second kappa shape index (κ2) is 16.8. The predicted molar refractivity (Wildman–Crippen MR) is 221 cm³/mol. The molecule has 7 aromatic rings. The zero-order valence-corrected chi connectivity index (χ0v) is 32.4. The van der Waals surface area contributed by atoms with E-state index in [-0.39, 0.29) is 36.4 Å². The van der Waals surface area contributed by atoms with Crippen molar-refractivity contribution in [2.45, 2.75) is 45.2 Å². The Morgan fingerprint density at radius 1 is 0.772 bits per heavy atom. The molecule has 1 N–H and O–H groups in total. The maximum Gasteiger partial charge on any atom is 0.247 e. The molecule has 0 aliphatic carbocycles. The molecule has 0 saturated carbocycles. The smallest absolute Gasteiger partial charge is 0.247 e. The molecule has 1 aliphatic heterocycles. The monoisotopic (exact) mass is 758 g/mol. The third kappa shape index (κ3) is 8.00. The topological polar surface area (TPSA) is 104 Å². The van der Waals surface area contributed by atoms with Crippen LogP contribution in [-0.4, -0.2) is 56.1 Å². The Bertz CT molecular complexity index is 2290. The summed E-state index contributed by atoms with van der Waals surface area (Å²) >= 11 is 0. The average Bonchev–Trinajstić information content (AvgIpc) is 3.69. The summed E-state index contributed by atoms with van der Waals surface area (Å²) in [5.41, 5.74) is 5.71. The van der Waals surface area contributed by atoms with Crippen LogP contribution in [0.2, 0.25) is 0 Å². The number of benzene rings is 5. The molecule has 3 heterocycles. The highest BCUT2D eigenvalue weighted by atomic mass is 16.6. The molecular formula is C47H46N6O4. The zero-order chi connectivity index (χ0) is 39.2. The van der Waals surface area contributed by atoms with Crippen molar-refractivity contribution < 1.29 is 19.0 Å². The van der Waals surface area contributed by atoms with Crippen LogP contribution in [0.3, 0.4) is 0 Å². The Balaban J connectivity index is 1.25. The molecule has 288 valence electrons. The van der Waals surface area contributed by atoms with Crippen LogP contribution in [0.15, 0.2) is 152 Å². The van der Waals surface area contributed by atoms with Gasteiger partial charge in [0, 0.05) is 19.0 Å². The number of imidazole rings is 1. The molecule has 0 spiro atoms. The molecule has 0 radical (unpaired) electrons. The molecule has 0 unspecified atom stereocenters. The number of carbonyl (C=O) groups is 1. The van der Waals surface area contributed by atoms with Gasteiger partial charge in [-0.3, -0.25) is 19.6 Å². The SMILES string of the molecule is Cc1ccc(COc2nc(NC(=O)C(C)C)nc3c2ncn3[C@H]2CN(C(c3ccccc3)(c3ccccc3)c3ccccc3)C[C@@H](COc3ccccc3)O2)cc1. The van der Waals surface area contributed by atoms with Crippen LogP contribution < -0.4 is 14.8 Å². The highest BCUT2D eigenvalue weighted by Gasteiger charge is 2.46. The molecule has 10 nitrogen and oxygen atoms in total.